The number of carbonyl (C=O) groups excluding carboxylic acids is 1. The maximum Gasteiger partial charge on any atom is 0.330 e. The number of hydroxylamine groups is 2. The van der Waals surface area contributed by atoms with Gasteiger partial charge in [-0.05, 0) is 49.5 Å². The van der Waals surface area contributed by atoms with Crippen LogP contribution < -0.4 is 0 Å². The summed E-state index contributed by atoms with van der Waals surface area (Å²) >= 11 is 3.32. The number of carbonyl (C=O) groups is 1. The standard InChI is InChI=1S/C14H19BrN4O2/c1-14(2,3)13(20)21-18-6-4-10(5-7-18)19-9-11(15)12(8-16)17-19/h9-10H,4-7H2,1-3H3. The maximum atomic E-state index is 11.8. The molecule has 114 valence electrons. The van der Waals surface area contributed by atoms with Crippen molar-refractivity contribution < 1.29 is 9.63 Å². The Morgan fingerprint density at radius 1 is 1.48 bits per heavy atom. The molecule has 0 saturated carbocycles. The van der Waals surface area contributed by atoms with Crippen molar-refractivity contribution in [2.45, 2.75) is 39.7 Å². The predicted molar refractivity (Wildman–Crippen MR) is 80.0 cm³/mol. The van der Waals surface area contributed by atoms with Crippen molar-refractivity contribution in [3.8, 4) is 6.07 Å². The van der Waals surface area contributed by atoms with Gasteiger partial charge in [0, 0.05) is 19.3 Å². The highest BCUT2D eigenvalue weighted by Gasteiger charge is 2.29. The van der Waals surface area contributed by atoms with Crippen molar-refractivity contribution in [3.05, 3.63) is 16.4 Å². The Labute approximate surface area is 132 Å². The Bertz CT molecular complexity index is 563. The van der Waals surface area contributed by atoms with Crippen LogP contribution in [0.1, 0.15) is 45.3 Å². The van der Waals surface area contributed by atoms with Crippen LogP contribution in [-0.4, -0.2) is 33.9 Å². The van der Waals surface area contributed by atoms with E-state index in [0.717, 1.165) is 12.8 Å². The Balaban J connectivity index is 1.91. The molecule has 6 nitrogen and oxygen atoms in total. The van der Waals surface area contributed by atoms with Crippen LogP contribution in [-0.2, 0) is 9.63 Å². The Morgan fingerprint density at radius 2 is 2.10 bits per heavy atom. The highest BCUT2D eigenvalue weighted by Crippen LogP contribution is 2.26. The summed E-state index contributed by atoms with van der Waals surface area (Å²) in [5.74, 6) is -0.213. The largest absolute Gasteiger partial charge is 0.367 e. The molecule has 0 aromatic carbocycles. The predicted octanol–water partition coefficient (Wildman–Crippen LogP) is 2.66. The summed E-state index contributed by atoms with van der Waals surface area (Å²) in [7, 11) is 0. The molecule has 0 N–H and O–H groups in total. The lowest BCUT2D eigenvalue weighted by Gasteiger charge is -2.32. The smallest absolute Gasteiger partial charge is 0.330 e. The van der Waals surface area contributed by atoms with Gasteiger partial charge in [0.25, 0.3) is 0 Å². The molecular weight excluding hydrogens is 336 g/mol. The van der Waals surface area contributed by atoms with Crippen molar-refractivity contribution in [2.75, 3.05) is 13.1 Å². The third-order valence-corrected chi connectivity index (χ3v) is 4.00. The van der Waals surface area contributed by atoms with Gasteiger partial charge in [-0.1, -0.05) is 0 Å². The first-order valence-corrected chi connectivity index (χ1v) is 7.72. The number of rotatable bonds is 2. The van der Waals surface area contributed by atoms with Gasteiger partial charge in [0.05, 0.1) is 15.9 Å². The molecule has 1 aromatic heterocycles. The van der Waals surface area contributed by atoms with Gasteiger partial charge in [0.2, 0.25) is 0 Å². The maximum absolute atomic E-state index is 11.8. The van der Waals surface area contributed by atoms with E-state index in [2.05, 4.69) is 21.0 Å². The molecule has 0 amide bonds. The third kappa shape index (κ3) is 3.83. The van der Waals surface area contributed by atoms with Crippen molar-refractivity contribution >= 4 is 21.9 Å². The molecule has 0 aliphatic carbocycles. The van der Waals surface area contributed by atoms with E-state index in [1.807, 2.05) is 37.7 Å². The van der Waals surface area contributed by atoms with E-state index in [-0.39, 0.29) is 12.0 Å². The summed E-state index contributed by atoms with van der Waals surface area (Å²) in [6.45, 7) is 6.87. The Morgan fingerprint density at radius 3 is 2.57 bits per heavy atom. The average Bonchev–Trinajstić information content (AvgIpc) is 2.79. The number of aromatic nitrogens is 2. The highest BCUT2D eigenvalue weighted by atomic mass is 79.9. The van der Waals surface area contributed by atoms with Crippen LogP contribution in [0.25, 0.3) is 0 Å². The van der Waals surface area contributed by atoms with Gasteiger partial charge in [-0.3, -0.25) is 4.68 Å². The highest BCUT2D eigenvalue weighted by molar-refractivity contribution is 9.10. The minimum absolute atomic E-state index is 0.213. The van der Waals surface area contributed by atoms with Crippen molar-refractivity contribution in [2.24, 2.45) is 5.41 Å². The van der Waals surface area contributed by atoms with Crippen LogP contribution in [0.4, 0.5) is 0 Å². The second-order valence-corrected chi connectivity index (χ2v) is 7.06. The van der Waals surface area contributed by atoms with Gasteiger partial charge < -0.3 is 4.84 Å². The second-order valence-electron chi connectivity index (χ2n) is 6.21. The van der Waals surface area contributed by atoms with Crippen LogP contribution in [0.2, 0.25) is 0 Å². The van der Waals surface area contributed by atoms with Crippen LogP contribution >= 0.6 is 15.9 Å². The van der Waals surface area contributed by atoms with Gasteiger partial charge in [-0.25, -0.2) is 4.79 Å². The fourth-order valence-electron chi connectivity index (χ4n) is 2.08. The number of piperidine rings is 1. The molecule has 0 spiro atoms. The molecule has 0 bridgehead atoms. The summed E-state index contributed by atoms with van der Waals surface area (Å²) in [6, 6.07) is 2.28. The van der Waals surface area contributed by atoms with E-state index in [4.69, 9.17) is 10.1 Å². The second kappa shape index (κ2) is 6.16. The molecule has 1 fully saturated rings. The zero-order chi connectivity index (χ0) is 15.6. The lowest BCUT2D eigenvalue weighted by Crippen LogP contribution is -2.39. The summed E-state index contributed by atoms with van der Waals surface area (Å²) < 4.78 is 2.54. The number of halogens is 1. The van der Waals surface area contributed by atoms with E-state index in [9.17, 15) is 4.79 Å². The first-order chi connectivity index (χ1) is 9.81. The quantitative estimate of drug-likeness (QED) is 0.816. The van der Waals surface area contributed by atoms with Crippen molar-refractivity contribution in [1.29, 1.82) is 5.26 Å². The zero-order valence-electron chi connectivity index (χ0n) is 12.5. The molecule has 1 saturated heterocycles. The third-order valence-electron chi connectivity index (χ3n) is 3.42. The first-order valence-electron chi connectivity index (χ1n) is 6.93. The van der Waals surface area contributed by atoms with Crippen molar-refractivity contribution in [1.82, 2.24) is 14.8 Å². The molecule has 1 aliphatic heterocycles. The van der Waals surface area contributed by atoms with Gasteiger partial charge in [0.1, 0.15) is 6.07 Å². The summed E-state index contributed by atoms with van der Waals surface area (Å²) in [4.78, 5) is 17.2. The molecule has 2 rings (SSSR count). The molecule has 0 radical (unpaired) electrons. The number of hydrogen-bond donors (Lipinski definition) is 0. The first kappa shape index (κ1) is 16.0. The molecule has 7 heteroatoms. The van der Waals surface area contributed by atoms with E-state index >= 15 is 0 Å². The number of hydrogen-bond acceptors (Lipinski definition) is 5. The molecule has 2 heterocycles. The lowest BCUT2D eigenvalue weighted by atomic mass is 9.98. The topological polar surface area (TPSA) is 71.2 Å². The fourth-order valence-corrected chi connectivity index (χ4v) is 2.46. The molecule has 0 atom stereocenters. The summed E-state index contributed by atoms with van der Waals surface area (Å²) in [6.07, 6.45) is 3.49. The number of nitriles is 1. The van der Waals surface area contributed by atoms with E-state index in [1.165, 1.54) is 0 Å². The van der Waals surface area contributed by atoms with E-state index in [0.29, 0.717) is 23.3 Å². The van der Waals surface area contributed by atoms with Gasteiger partial charge in [0.15, 0.2) is 5.69 Å². The SMILES string of the molecule is CC(C)(C)C(=O)ON1CCC(n2cc(Br)c(C#N)n2)CC1. The van der Waals surface area contributed by atoms with Crippen LogP contribution in [0, 0.1) is 16.7 Å². The number of nitrogens with zero attached hydrogens (tertiary/aromatic N) is 4. The monoisotopic (exact) mass is 354 g/mol. The normalized spacial score (nSPS) is 17.5. The molecule has 1 aliphatic rings. The molecular formula is C14H19BrN4O2. The van der Waals surface area contributed by atoms with Crippen LogP contribution in [0.15, 0.2) is 10.7 Å². The average molecular weight is 355 g/mol. The van der Waals surface area contributed by atoms with Gasteiger partial charge in [-0.15, -0.1) is 5.06 Å². The minimum atomic E-state index is -0.495. The lowest BCUT2D eigenvalue weighted by molar-refractivity contribution is -0.205. The zero-order valence-corrected chi connectivity index (χ0v) is 14.1. The van der Waals surface area contributed by atoms with Gasteiger partial charge >= 0.3 is 5.97 Å². The summed E-state index contributed by atoms with van der Waals surface area (Å²) in [5, 5.41) is 14.9. The van der Waals surface area contributed by atoms with Crippen LogP contribution in [0.3, 0.4) is 0 Å². The summed E-state index contributed by atoms with van der Waals surface area (Å²) in [5.41, 5.74) is -0.0950. The van der Waals surface area contributed by atoms with Gasteiger partial charge in [-0.2, -0.15) is 10.4 Å². The molecule has 21 heavy (non-hydrogen) atoms. The Kier molecular flexibility index (Phi) is 4.69. The minimum Gasteiger partial charge on any atom is -0.367 e. The molecule has 1 aromatic rings. The van der Waals surface area contributed by atoms with Crippen LogP contribution in [0.5, 0.6) is 0 Å². The fraction of sp³-hybridized carbons (Fsp3) is 0.643. The van der Waals surface area contributed by atoms with E-state index < -0.39 is 5.41 Å². The van der Waals surface area contributed by atoms with Crippen molar-refractivity contribution in [3.63, 3.8) is 0 Å². The Hall–Kier alpha value is -1.39. The van der Waals surface area contributed by atoms with E-state index in [1.54, 1.807) is 5.06 Å². The molecule has 0 unspecified atom stereocenters.